The van der Waals surface area contributed by atoms with Crippen LogP contribution < -0.4 is 5.14 Å². The van der Waals surface area contributed by atoms with E-state index in [-0.39, 0.29) is 0 Å². The quantitative estimate of drug-likeness (QED) is 0.617. The van der Waals surface area contributed by atoms with Gasteiger partial charge in [-0.2, -0.15) is 0 Å². The monoisotopic (exact) mass is 179 g/mol. The smallest absolute Gasteiger partial charge is 0.211 e. The molecule has 5 heteroatoms. The summed E-state index contributed by atoms with van der Waals surface area (Å²) in [5.74, 6) is 0. The molecule has 4 nitrogen and oxygen atoms in total. The number of aliphatic hydroxyl groups excluding tert-OH is 1. The van der Waals surface area contributed by atoms with Crippen molar-refractivity contribution in [3.8, 4) is 0 Å². The van der Waals surface area contributed by atoms with Crippen LogP contribution in [-0.4, -0.2) is 18.8 Å². The van der Waals surface area contributed by atoms with E-state index >= 15 is 0 Å². The summed E-state index contributed by atoms with van der Waals surface area (Å²) in [6.45, 7) is 1.54. The number of aliphatic hydroxyl groups is 1. The topological polar surface area (TPSA) is 80.4 Å². The molecule has 0 amide bonds. The first-order valence-corrected chi connectivity index (χ1v) is 4.90. The Morgan fingerprint density at radius 2 is 2.18 bits per heavy atom. The lowest BCUT2D eigenvalue weighted by Crippen LogP contribution is -2.25. The molecule has 0 aromatic carbocycles. The molecule has 0 spiro atoms. The zero-order valence-electron chi connectivity index (χ0n) is 6.40. The van der Waals surface area contributed by atoms with E-state index in [1.165, 1.54) is 6.08 Å². The molecule has 0 rings (SSSR count). The molecule has 66 valence electrons. The number of hydrogen-bond acceptors (Lipinski definition) is 3. The molecule has 0 aliphatic rings. The summed E-state index contributed by atoms with van der Waals surface area (Å²) in [5, 5.41) is 12.5. The van der Waals surface area contributed by atoms with Gasteiger partial charge in [0.1, 0.15) is 0 Å². The van der Waals surface area contributed by atoms with Gasteiger partial charge in [0.15, 0.2) is 0 Å². The molecule has 0 aromatic rings. The Morgan fingerprint density at radius 3 is 2.55 bits per heavy atom. The van der Waals surface area contributed by atoms with Gasteiger partial charge in [-0.05, 0) is 19.8 Å². The average molecular weight is 179 g/mol. The normalized spacial score (nSPS) is 15.5. The van der Waals surface area contributed by atoms with Crippen molar-refractivity contribution in [3.05, 3.63) is 12.3 Å². The predicted octanol–water partition coefficient (Wildman–Crippen LogP) is 0.515. The molecule has 0 aromatic heterocycles. The Hall–Kier alpha value is -0.550. The molecule has 0 saturated carbocycles. The first-order chi connectivity index (χ1) is 4.98. The Bertz CT molecular complexity index is 220. The van der Waals surface area contributed by atoms with Gasteiger partial charge in [-0.15, -0.1) is 0 Å². The van der Waals surface area contributed by atoms with E-state index in [4.69, 9.17) is 10.2 Å². The molecule has 0 saturated heterocycles. The van der Waals surface area contributed by atoms with Gasteiger partial charge in [-0.1, -0.05) is 6.08 Å². The number of nitrogens with two attached hydrogens (primary N) is 1. The summed E-state index contributed by atoms with van der Waals surface area (Å²) in [5.41, 5.74) is 0. The molecule has 1 atom stereocenters. The number of sulfonamides is 1. The summed E-state index contributed by atoms with van der Waals surface area (Å²) >= 11 is 0. The molecule has 0 radical (unpaired) electrons. The Labute approximate surface area is 66.8 Å². The van der Waals surface area contributed by atoms with Crippen LogP contribution in [0.4, 0.5) is 0 Å². The SMILES string of the molecule is CC(CCC=CO)S(N)(=O)=O. The minimum Gasteiger partial charge on any atom is -0.516 e. The van der Waals surface area contributed by atoms with Gasteiger partial charge in [0, 0.05) is 0 Å². The highest BCUT2D eigenvalue weighted by atomic mass is 32.2. The molecule has 1 unspecified atom stereocenters. The first kappa shape index (κ1) is 10.4. The maximum atomic E-state index is 10.6. The molecule has 0 bridgehead atoms. The second-order valence-corrected chi connectivity index (χ2v) is 4.34. The summed E-state index contributed by atoms with van der Waals surface area (Å²) in [4.78, 5) is 0. The molecule has 3 N–H and O–H groups in total. The largest absolute Gasteiger partial charge is 0.516 e. The van der Waals surface area contributed by atoms with E-state index in [1.807, 2.05) is 0 Å². The van der Waals surface area contributed by atoms with E-state index in [9.17, 15) is 8.42 Å². The van der Waals surface area contributed by atoms with Crippen molar-refractivity contribution in [1.29, 1.82) is 0 Å². The number of allylic oxidation sites excluding steroid dienone is 1. The van der Waals surface area contributed by atoms with Crippen molar-refractivity contribution < 1.29 is 13.5 Å². The third-order valence-corrected chi connectivity index (χ3v) is 2.76. The number of rotatable bonds is 4. The van der Waals surface area contributed by atoms with E-state index < -0.39 is 15.3 Å². The third kappa shape index (κ3) is 4.80. The maximum Gasteiger partial charge on any atom is 0.211 e. The zero-order chi connectivity index (χ0) is 8.91. The van der Waals surface area contributed by atoms with E-state index in [0.29, 0.717) is 12.8 Å². The fourth-order valence-electron chi connectivity index (χ4n) is 0.570. The summed E-state index contributed by atoms with van der Waals surface area (Å²) in [7, 11) is -3.40. The van der Waals surface area contributed by atoms with Crippen molar-refractivity contribution in [2.75, 3.05) is 0 Å². The van der Waals surface area contributed by atoms with Gasteiger partial charge in [0.25, 0.3) is 0 Å². The highest BCUT2D eigenvalue weighted by Crippen LogP contribution is 2.04. The van der Waals surface area contributed by atoms with Crippen molar-refractivity contribution in [2.24, 2.45) is 5.14 Å². The molecule has 11 heavy (non-hydrogen) atoms. The average Bonchev–Trinajstić information content (AvgIpc) is 1.86. The standard InChI is InChI=1S/C6H13NO3S/c1-6(11(7,9)10)4-2-3-5-8/h3,5-6,8H,2,4H2,1H3,(H2,7,9,10). The Kier molecular flexibility index (Phi) is 4.14. The highest BCUT2D eigenvalue weighted by molar-refractivity contribution is 7.89. The molecular weight excluding hydrogens is 166 g/mol. The molecule has 0 heterocycles. The van der Waals surface area contributed by atoms with E-state index in [2.05, 4.69) is 0 Å². The molecule has 0 aliphatic heterocycles. The lowest BCUT2D eigenvalue weighted by atomic mass is 10.2. The molecule has 0 fully saturated rings. The lowest BCUT2D eigenvalue weighted by molar-refractivity contribution is 0.470. The van der Waals surface area contributed by atoms with Crippen molar-refractivity contribution in [2.45, 2.75) is 25.0 Å². The molecular formula is C6H13NO3S. The van der Waals surface area contributed by atoms with E-state index in [1.54, 1.807) is 6.92 Å². The summed E-state index contributed by atoms with van der Waals surface area (Å²) in [6, 6.07) is 0. The van der Waals surface area contributed by atoms with Gasteiger partial charge in [-0.25, -0.2) is 13.6 Å². The van der Waals surface area contributed by atoms with Gasteiger partial charge in [0.2, 0.25) is 10.0 Å². The van der Waals surface area contributed by atoms with Crippen molar-refractivity contribution in [1.82, 2.24) is 0 Å². The van der Waals surface area contributed by atoms with Crippen molar-refractivity contribution >= 4 is 10.0 Å². The summed E-state index contributed by atoms with van der Waals surface area (Å²) in [6.07, 6.45) is 3.35. The van der Waals surface area contributed by atoms with Crippen LogP contribution in [0.3, 0.4) is 0 Å². The third-order valence-electron chi connectivity index (χ3n) is 1.41. The van der Waals surface area contributed by atoms with Crippen LogP contribution in [0, 0.1) is 0 Å². The lowest BCUT2D eigenvalue weighted by Gasteiger charge is -2.05. The molecule has 0 aliphatic carbocycles. The number of hydrogen-bond donors (Lipinski definition) is 2. The fraction of sp³-hybridized carbons (Fsp3) is 0.667. The van der Waals surface area contributed by atoms with Crippen LogP contribution in [0.1, 0.15) is 19.8 Å². The Morgan fingerprint density at radius 1 is 1.64 bits per heavy atom. The van der Waals surface area contributed by atoms with Gasteiger partial charge in [-0.3, -0.25) is 0 Å². The highest BCUT2D eigenvalue weighted by Gasteiger charge is 2.13. The number of primary sulfonamides is 1. The van der Waals surface area contributed by atoms with Crippen LogP contribution in [0.25, 0.3) is 0 Å². The van der Waals surface area contributed by atoms with Crippen LogP contribution in [0.5, 0.6) is 0 Å². The van der Waals surface area contributed by atoms with Gasteiger partial charge < -0.3 is 5.11 Å². The van der Waals surface area contributed by atoms with Gasteiger partial charge in [0.05, 0.1) is 11.5 Å². The minimum atomic E-state index is -3.40. The second-order valence-electron chi connectivity index (χ2n) is 2.36. The van der Waals surface area contributed by atoms with Crippen LogP contribution in [0.15, 0.2) is 12.3 Å². The van der Waals surface area contributed by atoms with E-state index in [0.717, 1.165) is 6.26 Å². The zero-order valence-corrected chi connectivity index (χ0v) is 7.21. The van der Waals surface area contributed by atoms with Gasteiger partial charge >= 0.3 is 0 Å². The van der Waals surface area contributed by atoms with Crippen LogP contribution in [-0.2, 0) is 10.0 Å². The van der Waals surface area contributed by atoms with Crippen LogP contribution >= 0.6 is 0 Å². The fourth-order valence-corrected chi connectivity index (χ4v) is 1.03. The Balaban J connectivity index is 3.80. The predicted molar refractivity (Wildman–Crippen MR) is 43.6 cm³/mol. The maximum absolute atomic E-state index is 10.6. The second kappa shape index (κ2) is 4.35. The van der Waals surface area contributed by atoms with Crippen molar-refractivity contribution in [3.63, 3.8) is 0 Å². The first-order valence-electron chi connectivity index (χ1n) is 3.29. The summed E-state index contributed by atoms with van der Waals surface area (Å²) < 4.78 is 21.2. The minimum absolute atomic E-state index is 0.440. The van der Waals surface area contributed by atoms with Crippen LogP contribution in [0.2, 0.25) is 0 Å².